The second-order valence-corrected chi connectivity index (χ2v) is 4.74. The van der Waals surface area contributed by atoms with E-state index in [2.05, 4.69) is 36.1 Å². The third-order valence-electron chi connectivity index (χ3n) is 3.31. The molecule has 2 aromatic carbocycles. The zero-order chi connectivity index (χ0) is 13.5. The number of likely N-dealkylation sites (N-methyl/N-ethyl adjacent to an activating group) is 1. The topological polar surface area (TPSA) is 23.5 Å². The molecule has 100 valence electrons. The van der Waals surface area contributed by atoms with E-state index in [1.54, 1.807) is 0 Å². The maximum Gasteiger partial charge on any atom is 0.0917 e. The van der Waals surface area contributed by atoms with E-state index in [9.17, 15) is 5.11 Å². The van der Waals surface area contributed by atoms with Crippen LogP contribution in [0.1, 0.15) is 24.2 Å². The highest BCUT2D eigenvalue weighted by Gasteiger charge is 2.12. The summed E-state index contributed by atoms with van der Waals surface area (Å²) in [5, 5.41) is 10.3. The van der Waals surface area contributed by atoms with Crippen molar-refractivity contribution >= 4 is 0 Å². The third-order valence-corrected chi connectivity index (χ3v) is 3.31. The number of rotatable bonds is 6. The van der Waals surface area contributed by atoms with Crippen LogP contribution in [0.4, 0.5) is 0 Å². The van der Waals surface area contributed by atoms with Crippen LogP contribution in [0.15, 0.2) is 60.7 Å². The molecule has 2 nitrogen and oxygen atoms in total. The van der Waals surface area contributed by atoms with E-state index in [0.717, 1.165) is 18.7 Å². The lowest BCUT2D eigenvalue weighted by molar-refractivity contribution is 0.112. The number of nitrogens with zero attached hydrogens (tertiary/aromatic N) is 1. The lowest BCUT2D eigenvalue weighted by atomic mass is 10.1. The van der Waals surface area contributed by atoms with E-state index < -0.39 is 6.10 Å². The molecule has 0 amide bonds. The molecule has 1 atom stereocenters. The lowest BCUT2D eigenvalue weighted by Crippen LogP contribution is -2.28. The Bertz CT molecular complexity index is 469. The summed E-state index contributed by atoms with van der Waals surface area (Å²) in [4.78, 5) is 2.26. The molecule has 2 heteroatoms. The summed E-state index contributed by atoms with van der Waals surface area (Å²) in [5.74, 6) is 0. The average Bonchev–Trinajstić information content (AvgIpc) is 2.48. The fourth-order valence-corrected chi connectivity index (χ4v) is 2.17. The predicted octanol–water partition coefficient (Wildman–Crippen LogP) is 3.24. The first-order valence-corrected chi connectivity index (χ1v) is 6.79. The van der Waals surface area contributed by atoms with Gasteiger partial charge in [-0.1, -0.05) is 67.6 Å². The van der Waals surface area contributed by atoms with Gasteiger partial charge in [0.15, 0.2) is 0 Å². The van der Waals surface area contributed by atoms with Crippen LogP contribution >= 0.6 is 0 Å². The summed E-state index contributed by atoms with van der Waals surface area (Å²) in [6.45, 7) is 4.59. The Hall–Kier alpha value is -1.64. The van der Waals surface area contributed by atoms with Crippen molar-refractivity contribution in [3.05, 3.63) is 71.8 Å². The quantitative estimate of drug-likeness (QED) is 0.856. The Morgan fingerprint density at radius 3 is 2.11 bits per heavy atom. The van der Waals surface area contributed by atoms with E-state index in [1.165, 1.54) is 5.56 Å². The summed E-state index contributed by atoms with van der Waals surface area (Å²) in [6, 6.07) is 20.2. The number of aliphatic hydroxyl groups is 1. The minimum absolute atomic E-state index is 0.426. The summed E-state index contributed by atoms with van der Waals surface area (Å²) >= 11 is 0. The molecular weight excluding hydrogens is 234 g/mol. The molecule has 0 saturated carbocycles. The van der Waals surface area contributed by atoms with Crippen molar-refractivity contribution in [2.24, 2.45) is 0 Å². The van der Waals surface area contributed by atoms with Crippen molar-refractivity contribution in [3.63, 3.8) is 0 Å². The Kier molecular flexibility index (Phi) is 5.13. The molecule has 0 fully saturated rings. The standard InChI is InChI=1S/C17H21NO/c1-2-18(13-15-9-5-3-6-10-15)14-17(19)16-11-7-4-8-12-16/h3-12,17,19H,2,13-14H2,1H3/t17-/m1/s1. The van der Waals surface area contributed by atoms with Crippen LogP contribution in [0.5, 0.6) is 0 Å². The van der Waals surface area contributed by atoms with Gasteiger partial charge in [-0.25, -0.2) is 0 Å². The summed E-state index contributed by atoms with van der Waals surface area (Å²) in [7, 11) is 0. The number of hydrogen-bond acceptors (Lipinski definition) is 2. The molecule has 0 bridgehead atoms. The van der Waals surface area contributed by atoms with Gasteiger partial charge < -0.3 is 5.11 Å². The molecule has 2 rings (SSSR count). The van der Waals surface area contributed by atoms with Crippen molar-refractivity contribution in [2.45, 2.75) is 19.6 Å². The molecule has 19 heavy (non-hydrogen) atoms. The number of aliphatic hydroxyl groups excluding tert-OH is 1. The molecule has 0 spiro atoms. The number of hydrogen-bond donors (Lipinski definition) is 1. The number of benzene rings is 2. The van der Waals surface area contributed by atoms with E-state index >= 15 is 0 Å². The molecule has 0 heterocycles. The average molecular weight is 255 g/mol. The van der Waals surface area contributed by atoms with Crippen molar-refractivity contribution in [1.82, 2.24) is 4.90 Å². The van der Waals surface area contributed by atoms with Gasteiger partial charge in [0, 0.05) is 13.1 Å². The maximum atomic E-state index is 10.3. The molecule has 0 radical (unpaired) electrons. The molecular formula is C17H21NO. The zero-order valence-corrected chi connectivity index (χ0v) is 11.4. The van der Waals surface area contributed by atoms with Gasteiger partial charge in [-0.3, -0.25) is 4.90 Å². The van der Waals surface area contributed by atoms with E-state index in [1.807, 2.05) is 36.4 Å². The molecule has 0 unspecified atom stereocenters. The van der Waals surface area contributed by atoms with Crippen molar-refractivity contribution in [3.8, 4) is 0 Å². The zero-order valence-electron chi connectivity index (χ0n) is 11.4. The molecule has 1 N–H and O–H groups in total. The highest BCUT2D eigenvalue weighted by atomic mass is 16.3. The Balaban J connectivity index is 1.96. The molecule has 0 aliphatic heterocycles. The van der Waals surface area contributed by atoms with Crippen LogP contribution in [0.3, 0.4) is 0 Å². The summed E-state index contributed by atoms with van der Waals surface area (Å²) in [6.07, 6.45) is -0.426. The summed E-state index contributed by atoms with van der Waals surface area (Å²) in [5.41, 5.74) is 2.26. The predicted molar refractivity (Wildman–Crippen MR) is 78.8 cm³/mol. The van der Waals surface area contributed by atoms with E-state index in [4.69, 9.17) is 0 Å². The van der Waals surface area contributed by atoms with Gasteiger partial charge in [-0.2, -0.15) is 0 Å². The van der Waals surface area contributed by atoms with Crippen LogP contribution in [0.25, 0.3) is 0 Å². The van der Waals surface area contributed by atoms with Crippen LogP contribution in [0, 0.1) is 0 Å². The third kappa shape index (κ3) is 4.19. The van der Waals surface area contributed by atoms with Gasteiger partial charge in [0.05, 0.1) is 6.10 Å². The fourth-order valence-electron chi connectivity index (χ4n) is 2.17. The maximum absolute atomic E-state index is 10.3. The largest absolute Gasteiger partial charge is 0.387 e. The molecule has 0 aliphatic rings. The van der Waals surface area contributed by atoms with Gasteiger partial charge >= 0.3 is 0 Å². The highest BCUT2D eigenvalue weighted by Crippen LogP contribution is 2.15. The summed E-state index contributed by atoms with van der Waals surface area (Å²) < 4.78 is 0. The second-order valence-electron chi connectivity index (χ2n) is 4.74. The molecule has 0 saturated heterocycles. The van der Waals surface area contributed by atoms with Gasteiger partial charge in [0.25, 0.3) is 0 Å². The fraction of sp³-hybridized carbons (Fsp3) is 0.294. The van der Waals surface area contributed by atoms with Crippen molar-refractivity contribution in [2.75, 3.05) is 13.1 Å². The lowest BCUT2D eigenvalue weighted by Gasteiger charge is -2.23. The Morgan fingerprint density at radius 2 is 1.53 bits per heavy atom. The smallest absolute Gasteiger partial charge is 0.0917 e. The van der Waals surface area contributed by atoms with Gasteiger partial charge in [0.2, 0.25) is 0 Å². The van der Waals surface area contributed by atoms with Crippen molar-refractivity contribution in [1.29, 1.82) is 0 Å². The molecule has 0 aliphatic carbocycles. The minimum Gasteiger partial charge on any atom is -0.387 e. The first-order valence-electron chi connectivity index (χ1n) is 6.79. The van der Waals surface area contributed by atoms with Crippen LogP contribution in [0.2, 0.25) is 0 Å². The molecule has 2 aromatic rings. The van der Waals surface area contributed by atoms with Gasteiger partial charge in [-0.15, -0.1) is 0 Å². The Morgan fingerprint density at radius 1 is 0.947 bits per heavy atom. The van der Waals surface area contributed by atoms with Crippen LogP contribution in [-0.2, 0) is 6.54 Å². The SMILES string of the molecule is CCN(Cc1ccccc1)C[C@@H](O)c1ccccc1. The molecule has 0 aromatic heterocycles. The minimum atomic E-state index is -0.426. The van der Waals surface area contributed by atoms with E-state index in [-0.39, 0.29) is 0 Å². The first kappa shape index (κ1) is 13.8. The highest BCUT2D eigenvalue weighted by molar-refractivity contribution is 5.18. The first-order chi connectivity index (χ1) is 9.29. The van der Waals surface area contributed by atoms with Gasteiger partial charge in [-0.05, 0) is 17.7 Å². The van der Waals surface area contributed by atoms with Gasteiger partial charge in [0.1, 0.15) is 0 Å². The Labute approximate surface area is 115 Å². The van der Waals surface area contributed by atoms with Crippen LogP contribution < -0.4 is 0 Å². The monoisotopic (exact) mass is 255 g/mol. The van der Waals surface area contributed by atoms with E-state index in [0.29, 0.717) is 6.54 Å². The van der Waals surface area contributed by atoms with Crippen molar-refractivity contribution < 1.29 is 5.11 Å². The van der Waals surface area contributed by atoms with Crippen LogP contribution in [-0.4, -0.2) is 23.1 Å². The normalized spacial score (nSPS) is 12.6. The second kappa shape index (κ2) is 7.07.